The molecule has 0 fully saturated rings. The molecule has 0 radical (unpaired) electrons. The van der Waals surface area contributed by atoms with Crippen molar-refractivity contribution in [1.82, 2.24) is 20.4 Å². The van der Waals surface area contributed by atoms with E-state index in [0.29, 0.717) is 13.0 Å². The second kappa shape index (κ2) is 8.95. The topological polar surface area (TPSA) is 79.2 Å². The van der Waals surface area contributed by atoms with Gasteiger partial charge in [-0.1, -0.05) is 30.3 Å². The number of benzene rings is 1. The summed E-state index contributed by atoms with van der Waals surface area (Å²) in [6.45, 7) is 3.24. The summed E-state index contributed by atoms with van der Waals surface area (Å²) in [5.74, 6) is 0. The average molecular weight is 316 g/mol. The Labute approximate surface area is 136 Å². The van der Waals surface area contributed by atoms with Crippen LogP contribution in [0.5, 0.6) is 0 Å². The first-order valence-electron chi connectivity index (χ1n) is 7.90. The first-order valence-corrected chi connectivity index (χ1v) is 7.90. The molecule has 0 aliphatic carbocycles. The molecule has 1 aromatic carbocycles. The van der Waals surface area contributed by atoms with Crippen LogP contribution in [0.1, 0.15) is 31.4 Å². The fourth-order valence-corrected chi connectivity index (χ4v) is 2.36. The molecule has 0 bridgehead atoms. The monoisotopic (exact) mass is 316 g/mol. The number of aryl methyl sites for hydroxylation is 1. The van der Waals surface area contributed by atoms with E-state index >= 15 is 0 Å². The number of aromatic nitrogens is 2. The van der Waals surface area contributed by atoms with Crippen molar-refractivity contribution in [2.75, 3.05) is 6.54 Å². The van der Waals surface area contributed by atoms with Crippen LogP contribution in [-0.2, 0) is 6.54 Å². The molecule has 0 saturated carbocycles. The Hall–Kier alpha value is -2.34. The summed E-state index contributed by atoms with van der Waals surface area (Å²) in [6.07, 6.45) is 4.35. The zero-order chi connectivity index (χ0) is 16.5. The molecule has 0 aliphatic rings. The molecule has 0 saturated heterocycles. The smallest absolute Gasteiger partial charge is 0.314 e. The quantitative estimate of drug-likeness (QED) is 0.652. The van der Waals surface area contributed by atoms with Gasteiger partial charge in [0, 0.05) is 31.5 Å². The van der Waals surface area contributed by atoms with Crippen LogP contribution >= 0.6 is 0 Å². The van der Waals surface area contributed by atoms with Gasteiger partial charge in [-0.2, -0.15) is 5.10 Å². The van der Waals surface area contributed by atoms with Crippen LogP contribution in [0.15, 0.2) is 48.8 Å². The molecule has 124 valence electrons. The van der Waals surface area contributed by atoms with Crippen LogP contribution in [0.3, 0.4) is 0 Å². The van der Waals surface area contributed by atoms with Gasteiger partial charge >= 0.3 is 6.03 Å². The van der Waals surface area contributed by atoms with E-state index in [-0.39, 0.29) is 12.1 Å². The molecular weight excluding hydrogens is 292 g/mol. The SMILES string of the molecule is CC(CC(O)c1ccccc1)NC(=O)NCCCn1cccn1. The molecule has 1 heterocycles. The number of carbonyl (C=O) groups is 1. The Bertz CT molecular complexity index is 572. The van der Waals surface area contributed by atoms with Gasteiger partial charge in [0.2, 0.25) is 0 Å². The van der Waals surface area contributed by atoms with E-state index in [4.69, 9.17) is 0 Å². The van der Waals surface area contributed by atoms with Crippen LogP contribution in [0.4, 0.5) is 4.79 Å². The fourth-order valence-electron chi connectivity index (χ4n) is 2.36. The van der Waals surface area contributed by atoms with Crippen LogP contribution in [0, 0.1) is 0 Å². The first kappa shape index (κ1) is 17.0. The number of aliphatic hydroxyl groups excluding tert-OH is 1. The Balaban J connectivity index is 1.62. The minimum absolute atomic E-state index is 0.115. The zero-order valence-corrected chi connectivity index (χ0v) is 13.4. The summed E-state index contributed by atoms with van der Waals surface area (Å²) in [7, 11) is 0. The molecular formula is C17H24N4O2. The van der Waals surface area contributed by atoms with Gasteiger partial charge in [-0.15, -0.1) is 0 Å². The summed E-state index contributed by atoms with van der Waals surface area (Å²) in [5, 5.41) is 19.9. The average Bonchev–Trinajstić information content (AvgIpc) is 3.05. The van der Waals surface area contributed by atoms with E-state index in [0.717, 1.165) is 18.5 Å². The minimum Gasteiger partial charge on any atom is -0.388 e. The van der Waals surface area contributed by atoms with Crippen molar-refractivity contribution in [3.63, 3.8) is 0 Å². The summed E-state index contributed by atoms with van der Waals surface area (Å²) in [4.78, 5) is 11.8. The molecule has 1 aromatic heterocycles. The summed E-state index contributed by atoms with van der Waals surface area (Å²) < 4.78 is 1.83. The second-order valence-corrected chi connectivity index (χ2v) is 5.59. The van der Waals surface area contributed by atoms with Crippen LogP contribution in [-0.4, -0.2) is 33.5 Å². The number of carbonyl (C=O) groups excluding carboxylic acids is 1. The summed E-state index contributed by atoms with van der Waals surface area (Å²) in [6, 6.07) is 11.0. The van der Waals surface area contributed by atoms with E-state index in [9.17, 15) is 9.90 Å². The fraction of sp³-hybridized carbons (Fsp3) is 0.412. The third kappa shape index (κ3) is 6.12. The van der Waals surface area contributed by atoms with E-state index in [1.54, 1.807) is 6.20 Å². The predicted molar refractivity (Wildman–Crippen MR) is 88.9 cm³/mol. The lowest BCUT2D eigenvalue weighted by Gasteiger charge is -2.18. The van der Waals surface area contributed by atoms with E-state index in [2.05, 4.69) is 15.7 Å². The number of amides is 2. The Morgan fingerprint density at radius 1 is 1.30 bits per heavy atom. The Morgan fingerprint density at radius 2 is 2.09 bits per heavy atom. The maximum absolute atomic E-state index is 11.8. The molecule has 0 aliphatic heterocycles. The highest BCUT2D eigenvalue weighted by Gasteiger charge is 2.13. The number of nitrogens with one attached hydrogen (secondary N) is 2. The third-order valence-corrected chi connectivity index (χ3v) is 3.55. The Kier molecular flexibility index (Phi) is 6.62. The molecule has 6 heteroatoms. The van der Waals surface area contributed by atoms with Gasteiger partial charge in [0.15, 0.2) is 0 Å². The third-order valence-electron chi connectivity index (χ3n) is 3.55. The molecule has 6 nitrogen and oxygen atoms in total. The van der Waals surface area contributed by atoms with Crippen molar-refractivity contribution >= 4 is 6.03 Å². The van der Waals surface area contributed by atoms with Crippen LogP contribution in [0.25, 0.3) is 0 Å². The largest absolute Gasteiger partial charge is 0.388 e. The van der Waals surface area contributed by atoms with Gasteiger partial charge in [-0.3, -0.25) is 4.68 Å². The molecule has 2 aromatic rings. The van der Waals surface area contributed by atoms with Gasteiger partial charge in [-0.25, -0.2) is 4.79 Å². The van der Waals surface area contributed by atoms with Crippen molar-refractivity contribution in [3.8, 4) is 0 Å². The molecule has 23 heavy (non-hydrogen) atoms. The maximum Gasteiger partial charge on any atom is 0.314 e. The summed E-state index contributed by atoms with van der Waals surface area (Å²) >= 11 is 0. The van der Waals surface area contributed by atoms with Crippen molar-refractivity contribution in [1.29, 1.82) is 0 Å². The lowest BCUT2D eigenvalue weighted by molar-refractivity contribution is 0.154. The number of hydrogen-bond acceptors (Lipinski definition) is 3. The highest BCUT2D eigenvalue weighted by molar-refractivity contribution is 5.74. The predicted octanol–water partition coefficient (Wildman–Crippen LogP) is 2.08. The highest BCUT2D eigenvalue weighted by Crippen LogP contribution is 2.17. The van der Waals surface area contributed by atoms with Crippen LogP contribution < -0.4 is 10.6 Å². The second-order valence-electron chi connectivity index (χ2n) is 5.59. The number of rotatable bonds is 8. The number of nitrogens with zero attached hydrogens (tertiary/aromatic N) is 2. The standard InChI is InChI=1S/C17H24N4O2/c1-14(13-16(22)15-7-3-2-4-8-15)20-17(23)18-9-5-11-21-12-6-10-19-21/h2-4,6-8,10,12,14,16,22H,5,9,11,13H2,1H3,(H2,18,20,23). The maximum atomic E-state index is 11.8. The Morgan fingerprint density at radius 3 is 2.78 bits per heavy atom. The normalized spacial score (nSPS) is 13.3. The van der Waals surface area contributed by atoms with Crippen LogP contribution in [0.2, 0.25) is 0 Å². The van der Waals surface area contributed by atoms with E-state index in [1.165, 1.54) is 0 Å². The van der Waals surface area contributed by atoms with Crippen molar-refractivity contribution in [2.24, 2.45) is 0 Å². The van der Waals surface area contributed by atoms with Gasteiger partial charge in [-0.05, 0) is 31.4 Å². The minimum atomic E-state index is -0.577. The van der Waals surface area contributed by atoms with Crippen molar-refractivity contribution in [3.05, 3.63) is 54.4 Å². The van der Waals surface area contributed by atoms with Gasteiger partial charge in [0.05, 0.1) is 6.10 Å². The first-order chi connectivity index (χ1) is 11.1. The number of hydrogen-bond donors (Lipinski definition) is 3. The van der Waals surface area contributed by atoms with Gasteiger partial charge in [0.1, 0.15) is 0 Å². The highest BCUT2D eigenvalue weighted by atomic mass is 16.3. The molecule has 2 amide bonds. The van der Waals surface area contributed by atoms with Gasteiger partial charge in [0.25, 0.3) is 0 Å². The molecule has 3 N–H and O–H groups in total. The van der Waals surface area contributed by atoms with E-state index < -0.39 is 6.10 Å². The number of aliphatic hydroxyl groups is 1. The molecule has 0 spiro atoms. The summed E-state index contributed by atoms with van der Waals surface area (Å²) in [5.41, 5.74) is 0.862. The number of urea groups is 1. The zero-order valence-electron chi connectivity index (χ0n) is 13.4. The molecule has 2 rings (SSSR count). The van der Waals surface area contributed by atoms with E-state index in [1.807, 2.05) is 54.2 Å². The lowest BCUT2D eigenvalue weighted by atomic mass is 10.0. The lowest BCUT2D eigenvalue weighted by Crippen LogP contribution is -2.41. The van der Waals surface area contributed by atoms with Gasteiger partial charge < -0.3 is 15.7 Å². The molecule has 2 atom stereocenters. The molecule has 2 unspecified atom stereocenters. The van der Waals surface area contributed by atoms with Crippen molar-refractivity contribution in [2.45, 2.75) is 38.5 Å². The van der Waals surface area contributed by atoms with Crippen molar-refractivity contribution < 1.29 is 9.90 Å².